The molecule has 0 saturated heterocycles. The summed E-state index contributed by atoms with van der Waals surface area (Å²) in [5.41, 5.74) is -0.408. The number of hydrogen-bond acceptors (Lipinski definition) is 7. The van der Waals surface area contributed by atoms with Crippen LogP contribution >= 0.6 is 0 Å². The zero-order valence-electron chi connectivity index (χ0n) is 16.2. The molecule has 0 aliphatic rings. The van der Waals surface area contributed by atoms with E-state index in [0.717, 1.165) is 16.8 Å². The monoisotopic (exact) mass is 409 g/mol. The lowest BCUT2D eigenvalue weighted by molar-refractivity contribution is -0.140. The Morgan fingerprint density at radius 2 is 1.97 bits per heavy atom. The lowest BCUT2D eigenvalue weighted by atomic mass is 10.2. The maximum atomic E-state index is 14.0. The first-order valence-electron chi connectivity index (χ1n) is 8.63. The van der Waals surface area contributed by atoms with E-state index in [1.807, 2.05) is 0 Å². The molecule has 10 nitrogen and oxygen atoms in total. The molecule has 0 bridgehead atoms. The van der Waals surface area contributed by atoms with Gasteiger partial charge in [-0.15, -0.1) is 10.2 Å². The molecule has 1 N–H and O–H groups in total. The van der Waals surface area contributed by atoms with Crippen molar-refractivity contribution >= 4 is 17.7 Å². The molecule has 0 spiro atoms. The molecule has 29 heavy (non-hydrogen) atoms. The SMILES string of the molecule is COC(=O)CCCNC(=O)c1nnn(Cc2c(F)cccc2F)c1/N=N/N(C)C. The van der Waals surface area contributed by atoms with E-state index < -0.39 is 23.5 Å². The zero-order valence-corrected chi connectivity index (χ0v) is 16.2. The second-order valence-electron chi connectivity index (χ2n) is 6.09. The number of benzene rings is 1. The lowest BCUT2D eigenvalue weighted by Gasteiger charge is -2.07. The highest BCUT2D eigenvalue weighted by molar-refractivity contribution is 5.96. The second-order valence-corrected chi connectivity index (χ2v) is 6.09. The first kappa shape index (κ1) is 21.9. The summed E-state index contributed by atoms with van der Waals surface area (Å²) in [6, 6.07) is 3.48. The largest absolute Gasteiger partial charge is 0.469 e. The quantitative estimate of drug-likeness (QED) is 0.293. The van der Waals surface area contributed by atoms with Crippen molar-refractivity contribution in [2.24, 2.45) is 10.3 Å². The molecule has 1 aromatic heterocycles. The maximum absolute atomic E-state index is 14.0. The van der Waals surface area contributed by atoms with Gasteiger partial charge in [0.2, 0.25) is 5.82 Å². The van der Waals surface area contributed by atoms with E-state index in [2.05, 4.69) is 30.7 Å². The standard InChI is InChI=1S/C17H21F2N7O3/c1-25(2)23-22-16-15(17(28)20-9-5-8-14(27)29-3)21-24-26(16)10-11-12(18)6-4-7-13(11)19/h4,6-7H,5,8-10H2,1-3H3,(H,20,28)/b23-22+. The average Bonchev–Trinajstić information content (AvgIpc) is 3.08. The van der Waals surface area contributed by atoms with Crippen molar-refractivity contribution in [1.29, 1.82) is 0 Å². The Morgan fingerprint density at radius 3 is 2.59 bits per heavy atom. The predicted octanol–water partition coefficient (Wildman–Crippen LogP) is 1.85. The number of methoxy groups -OCH3 is 1. The van der Waals surface area contributed by atoms with Gasteiger partial charge in [0.1, 0.15) is 11.6 Å². The highest BCUT2D eigenvalue weighted by Crippen LogP contribution is 2.21. The van der Waals surface area contributed by atoms with Gasteiger partial charge >= 0.3 is 5.97 Å². The van der Waals surface area contributed by atoms with Crippen molar-refractivity contribution < 1.29 is 23.1 Å². The van der Waals surface area contributed by atoms with Crippen LogP contribution in [0.15, 0.2) is 28.5 Å². The van der Waals surface area contributed by atoms with E-state index in [4.69, 9.17) is 0 Å². The third kappa shape index (κ3) is 6.02. The molecule has 0 unspecified atom stereocenters. The van der Waals surface area contributed by atoms with Gasteiger partial charge in [-0.3, -0.25) is 14.6 Å². The van der Waals surface area contributed by atoms with E-state index in [0.29, 0.717) is 6.42 Å². The second kappa shape index (κ2) is 10.2. The van der Waals surface area contributed by atoms with Gasteiger partial charge in [0.25, 0.3) is 5.91 Å². The van der Waals surface area contributed by atoms with Gasteiger partial charge < -0.3 is 10.1 Å². The number of amides is 1. The molecule has 0 aliphatic carbocycles. The maximum Gasteiger partial charge on any atom is 0.305 e. The fourth-order valence-electron chi connectivity index (χ4n) is 2.25. The van der Waals surface area contributed by atoms with Crippen LogP contribution in [-0.2, 0) is 16.1 Å². The first-order valence-corrected chi connectivity index (χ1v) is 8.63. The summed E-state index contributed by atoms with van der Waals surface area (Å²) in [5, 5.41) is 19.3. The summed E-state index contributed by atoms with van der Waals surface area (Å²) in [4.78, 5) is 23.5. The molecule has 12 heteroatoms. The molecule has 1 aromatic carbocycles. The molecule has 1 amide bonds. The Labute approximate surface area is 165 Å². The van der Waals surface area contributed by atoms with Gasteiger partial charge in [0.15, 0.2) is 5.69 Å². The number of nitrogens with one attached hydrogen (secondary N) is 1. The Balaban J connectivity index is 2.22. The normalized spacial score (nSPS) is 10.9. The van der Waals surface area contributed by atoms with Crippen LogP contribution in [0.2, 0.25) is 0 Å². The number of ether oxygens (including phenoxy) is 1. The minimum Gasteiger partial charge on any atom is -0.469 e. The Morgan fingerprint density at radius 1 is 1.28 bits per heavy atom. The van der Waals surface area contributed by atoms with Crippen LogP contribution in [-0.4, -0.2) is 59.6 Å². The fourth-order valence-corrected chi connectivity index (χ4v) is 2.25. The summed E-state index contributed by atoms with van der Waals surface area (Å²) in [5.74, 6) is -2.58. The van der Waals surface area contributed by atoms with E-state index in [-0.39, 0.29) is 36.6 Å². The molecule has 2 aromatic rings. The average molecular weight is 409 g/mol. The molecule has 0 fully saturated rings. The number of carbonyl (C=O) groups excluding carboxylic acids is 2. The molecule has 156 valence electrons. The van der Waals surface area contributed by atoms with Crippen molar-refractivity contribution in [2.75, 3.05) is 27.7 Å². The molecule has 0 radical (unpaired) electrons. The number of carbonyl (C=O) groups is 2. The number of aromatic nitrogens is 3. The van der Waals surface area contributed by atoms with Gasteiger partial charge in [-0.2, -0.15) is 0 Å². The van der Waals surface area contributed by atoms with E-state index in [9.17, 15) is 18.4 Å². The van der Waals surface area contributed by atoms with Crippen LogP contribution in [0.1, 0.15) is 28.9 Å². The molecule has 1 heterocycles. The summed E-state index contributed by atoms with van der Waals surface area (Å²) in [6.45, 7) is -0.143. The molecule has 0 saturated carbocycles. The summed E-state index contributed by atoms with van der Waals surface area (Å²) in [6.07, 6.45) is 0.505. The van der Waals surface area contributed by atoms with Crippen molar-refractivity contribution in [3.8, 4) is 0 Å². The smallest absolute Gasteiger partial charge is 0.305 e. The third-order valence-electron chi connectivity index (χ3n) is 3.68. The molecular weight excluding hydrogens is 388 g/mol. The van der Waals surface area contributed by atoms with Crippen molar-refractivity contribution in [2.45, 2.75) is 19.4 Å². The van der Waals surface area contributed by atoms with Gasteiger partial charge in [-0.1, -0.05) is 16.5 Å². The van der Waals surface area contributed by atoms with Gasteiger partial charge in [0.05, 0.1) is 13.7 Å². The highest BCUT2D eigenvalue weighted by atomic mass is 19.1. The van der Waals surface area contributed by atoms with E-state index in [1.54, 1.807) is 14.1 Å². The van der Waals surface area contributed by atoms with E-state index >= 15 is 0 Å². The van der Waals surface area contributed by atoms with Crippen molar-refractivity contribution in [3.63, 3.8) is 0 Å². The Kier molecular flexibility index (Phi) is 7.69. The number of rotatable bonds is 9. The third-order valence-corrected chi connectivity index (χ3v) is 3.68. The van der Waals surface area contributed by atoms with E-state index in [1.165, 1.54) is 18.2 Å². The minimum absolute atomic E-state index is 0.0631. The number of halogens is 2. The van der Waals surface area contributed by atoms with Crippen LogP contribution < -0.4 is 5.32 Å². The number of nitrogens with zero attached hydrogens (tertiary/aromatic N) is 6. The summed E-state index contributed by atoms with van der Waals surface area (Å²) < 4.78 is 33.5. The van der Waals surface area contributed by atoms with Gasteiger partial charge in [-0.05, 0) is 18.6 Å². The van der Waals surface area contributed by atoms with Crippen molar-refractivity contribution in [3.05, 3.63) is 41.1 Å². The molecular formula is C17H21F2N7O3. The van der Waals surface area contributed by atoms with Crippen LogP contribution in [0.25, 0.3) is 0 Å². The summed E-state index contributed by atoms with van der Waals surface area (Å²) >= 11 is 0. The molecule has 0 aliphatic heterocycles. The Bertz CT molecular complexity index is 879. The van der Waals surface area contributed by atoms with Crippen LogP contribution in [0.5, 0.6) is 0 Å². The fraction of sp³-hybridized carbons (Fsp3) is 0.412. The Hall–Kier alpha value is -3.44. The zero-order chi connectivity index (χ0) is 21.4. The van der Waals surface area contributed by atoms with Crippen LogP contribution in [0.3, 0.4) is 0 Å². The topological polar surface area (TPSA) is 114 Å². The first-order chi connectivity index (χ1) is 13.8. The number of esters is 1. The number of hydrogen-bond donors (Lipinski definition) is 1. The lowest BCUT2D eigenvalue weighted by Crippen LogP contribution is -2.25. The summed E-state index contributed by atoms with van der Waals surface area (Å²) in [7, 11) is 4.50. The van der Waals surface area contributed by atoms with Gasteiger partial charge in [-0.25, -0.2) is 13.5 Å². The minimum atomic E-state index is -0.759. The van der Waals surface area contributed by atoms with Gasteiger partial charge in [0, 0.05) is 32.6 Å². The van der Waals surface area contributed by atoms with Crippen LogP contribution in [0.4, 0.5) is 14.6 Å². The highest BCUT2D eigenvalue weighted by Gasteiger charge is 2.22. The van der Waals surface area contributed by atoms with Crippen molar-refractivity contribution in [1.82, 2.24) is 25.3 Å². The van der Waals surface area contributed by atoms with Crippen LogP contribution in [0, 0.1) is 11.6 Å². The molecule has 2 rings (SSSR count). The predicted molar refractivity (Wildman–Crippen MR) is 97.3 cm³/mol. The molecule has 0 atom stereocenters.